The number of allylic oxidation sites excluding steroid dienone is 2. The Labute approximate surface area is 66.7 Å². The molecule has 0 bridgehead atoms. The third-order valence-electron chi connectivity index (χ3n) is 2.56. The summed E-state index contributed by atoms with van der Waals surface area (Å²) in [5.74, 6) is 2.69. The summed E-state index contributed by atoms with van der Waals surface area (Å²) in [6.07, 6.45) is 2.59. The number of rotatable bonds is 1. The zero-order valence-electron chi connectivity index (χ0n) is 6.92. The Balaban J connectivity index is 2.18. The van der Waals surface area contributed by atoms with Gasteiger partial charge in [0, 0.05) is 0 Å². The molecule has 2 nitrogen and oxygen atoms in total. The predicted octanol–water partition coefficient (Wildman–Crippen LogP) is 1.89. The van der Waals surface area contributed by atoms with E-state index in [1.54, 1.807) is 14.2 Å². The van der Waals surface area contributed by atoms with Crippen molar-refractivity contribution in [3.8, 4) is 6.07 Å². The minimum atomic E-state index is 0.833. The van der Waals surface area contributed by atoms with Crippen LogP contribution in [0.15, 0.2) is 11.3 Å². The fourth-order valence-electron chi connectivity index (χ4n) is 1.78. The maximum atomic E-state index is 5.17. The van der Waals surface area contributed by atoms with Gasteiger partial charge in [-0.15, -0.1) is 0 Å². The van der Waals surface area contributed by atoms with Gasteiger partial charge in [-0.25, -0.2) is 0 Å². The fraction of sp³-hybridized carbons (Fsp3) is 0.667. The second kappa shape index (κ2) is 2.27. The van der Waals surface area contributed by atoms with Crippen LogP contribution in [0, 0.1) is 17.9 Å². The minimum Gasteiger partial charge on any atom is -0.484 e. The second-order valence-electron chi connectivity index (χ2n) is 3.20. The molecule has 11 heavy (non-hydrogen) atoms. The molecule has 0 heterocycles. The highest BCUT2D eigenvalue weighted by molar-refractivity contribution is 5.37. The first-order valence-electron chi connectivity index (χ1n) is 3.98. The molecule has 0 aromatic heterocycles. The third kappa shape index (κ3) is 0.920. The van der Waals surface area contributed by atoms with E-state index in [1.165, 1.54) is 18.4 Å². The van der Waals surface area contributed by atoms with Gasteiger partial charge >= 0.3 is 6.07 Å². The number of ether oxygens (including phenoxy) is 1. The average Bonchev–Trinajstić information content (AvgIpc) is 2.60. The molecule has 2 saturated carbocycles. The number of methoxy groups -OCH3 is 1. The standard InChI is InChI=1S/C9H12NO/c1-10-5-9(11-2)8-4-6-3-7(6)8/h6-7H,3-4H2,1-2H3/q+1/b9-8-. The molecule has 2 aliphatic rings. The summed E-state index contributed by atoms with van der Waals surface area (Å²) in [5, 5.41) is 0. The van der Waals surface area contributed by atoms with Crippen LogP contribution in [0.2, 0.25) is 0 Å². The quantitative estimate of drug-likeness (QED) is 0.411. The van der Waals surface area contributed by atoms with E-state index in [-0.39, 0.29) is 0 Å². The second-order valence-corrected chi connectivity index (χ2v) is 3.20. The molecule has 0 radical (unpaired) electrons. The SMILES string of the molecule is C[N+]#C/C(OC)=C1\CC2CC12. The lowest BCUT2D eigenvalue weighted by Gasteiger charge is -2.14. The van der Waals surface area contributed by atoms with E-state index < -0.39 is 0 Å². The first-order chi connectivity index (χ1) is 5.36. The van der Waals surface area contributed by atoms with Gasteiger partial charge in [0.1, 0.15) is 0 Å². The molecule has 2 unspecified atom stereocenters. The van der Waals surface area contributed by atoms with Crippen LogP contribution in [0.4, 0.5) is 0 Å². The van der Waals surface area contributed by atoms with Crippen LogP contribution in [0.5, 0.6) is 0 Å². The number of fused-ring (bicyclic) bond motifs is 1. The van der Waals surface area contributed by atoms with Crippen LogP contribution in [0.25, 0.3) is 4.85 Å². The monoisotopic (exact) mass is 150 g/mol. The molecule has 0 N–H and O–H groups in total. The van der Waals surface area contributed by atoms with Gasteiger partial charge in [-0.3, -0.25) is 0 Å². The van der Waals surface area contributed by atoms with Crippen molar-refractivity contribution in [2.24, 2.45) is 11.8 Å². The van der Waals surface area contributed by atoms with E-state index in [9.17, 15) is 0 Å². The molecule has 0 aromatic carbocycles. The largest absolute Gasteiger partial charge is 0.484 e. The van der Waals surface area contributed by atoms with E-state index in [0.29, 0.717) is 0 Å². The van der Waals surface area contributed by atoms with Crippen LogP contribution in [0.3, 0.4) is 0 Å². The van der Waals surface area contributed by atoms with Gasteiger partial charge in [0.2, 0.25) is 5.76 Å². The van der Waals surface area contributed by atoms with Crippen molar-refractivity contribution in [1.29, 1.82) is 0 Å². The van der Waals surface area contributed by atoms with Crippen LogP contribution in [-0.4, -0.2) is 14.2 Å². The molecule has 0 spiro atoms. The summed E-state index contributed by atoms with van der Waals surface area (Å²) in [4.78, 5) is 3.83. The van der Waals surface area contributed by atoms with Crippen molar-refractivity contribution in [2.75, 3.05) is 14.2 Å². The Hall–Kier alpha value is -0.970. The first kappa shape index (κ1) is 6.72. The molecule has 58 valence electrons. The van der Waals surface area contributed by atoms with Crippen LogP contribution in [0.1, 0.15) is 12.8 Å². The summed E-state index contributed by atoms with van der Waals surface area (Å²) in [6, 6.07) is 2.87. The highest BCUT2D eigenvalue weighted by Crippen LogP contribution is 2.60. The van der Waals surface area contributed by atoms with Gasteiger partial charge < -0.3 is 4.74 Å². The summed E-state index contributed by atoms with van der Waals surface area (Å²) < 4.78 is 5.17. The van der Waals surface area contributed by atoms with Crippen molar-refractivity contribution in [2.45, 2.75) is 12.8 Å². The summed E-state index contributed by atoms with van der Waals surface area (Å²) in [5.41, 5.74) is 1.43. The molecule has 0 aromatic rings. The topological polar surface area (TPSA) is 13.6 Å². The average molecular weight is 150 g/mol. The van der Waals surface area contributed by atoms with Crippen molar-refractivity contribution in [1.82, 2.24) is 0 Å². The number of hydrogen-bond acceptors (Lipinski definition) is 1. The molecule has 2 atom stereocenters. The van der Waals surface area contributed by atoms with Gasteiger partial charge in [-0.05, 0) is 30.3 Å². The van der Waals surface area contributed by atoms with Crippen molar-refractivity contribution in [3.05, 3.63) is 16.2 Å². The van der Waals surface area contributed by atoms with Crippen LogP contribution < -0.4 is 0 Å². The Kier molecular flexibility index (Phi) is 1.38. The number of nitrogens with zero attached hydrogens (tertiary/aromatic N) is 1. The third-order valence-corrected chi connectivity index (χ3v) is 2.56. The van der Waals surface area contributed by atoms with E-state index in [2.05, 4.69) is 10.9 Å². The molecule has 0 saturated heterocycles. The Morgan fingerprint density at radius 3 is 2.91 bits per heavy atom. The van der Waals surface area contributed by atoms with Gasteiger partial charge in [0.25, 0.3) is 7.05 Å². The Bertz CT molecular complexity index is 269. The van der Waals surface area contributed by atoms with E-state index >= 15 is 0 Å². The van der Waals surface area contributed by atoms with Crippen molar-refractivity contribution < 1.29 is 4.74 Å². The predicted molar refractivity (Wildman–Crippen MR) is 43.4 cm³/mol. The molecule has 2 aliphatic carbocycles. The highest BCUT2D eigenvalue weighted by Gasteiger charge is 2.51. The van der Waals surface area contributed by atoms with Crippen molar-refractivity contribution in [3.63, 3.8) is 0 Å². The molecular formula is C9H12NO+. The van der Waals surface area contributed by atoms with Crippen LogP contribution in [-0.2, 0) is 4.74 Å². The Morgan fingerprint density at radius 2 is 2.55 bits per heavy atom. The number of hydrogen-bond donors (Lipinski definition) is 0. The maximum absolute atomic E-state index is 5.17. The highest BCUT2D eigenvalue weighted by atomic mass is 16.5. The fourth-order valence-corrected chi connectivity index (χ4v) is 1.78. The van der Waals surface area contributed by atoms with E-state index in [0.717, 1.165) is 17.6 Å². The molecule has 2 rings (SSSR count). The lowest BCUT2D eigenvalue weighted by Crippen LogP contribution is -2.06. The van der Waals surface area contributed by atoms with Crippen molar-refractivity contribution >= 4 is 0 Å². The lowest BCUT2D eigenvalue weighted by molar-refractivity contribution is 0.296. The Morgan fingerprint density at radius 1 is 1.73 bits per heavy atom. The van der Waals surface area contributed by atoms with Gasteiger partial charge in [0.15, 0.2) is 0 Å². The molecule has 0 amide bonds. The van der Waals surface area contributed by atoms with E-state index in [1.807, 2.05) is 0 Å². The molecule has 0 aliphatic heterocycles. The van der Waals surface area contributed by atoms with Gasteiger partial charge in [-0.2, -0.15) is 0 Å². The zero-order chi connectivity index (χ0) is 7.84. The summed E-state index contributed by atoms with van der Waals surface area (Å²) in [7, 11) is 3.42. The normalized spacial score (nSPS) is 35.8. The molecule has 2 fully saturated rings. The first-order valence-corrected chi connectivity index (χ1v) is 3.98. The van der Waals surface area contributed by atoms with Crippen LogP contribution >= 0.6 is 0 Å². The maximum Gasteiger partial charge on any atom is 0.349 e. The zero-order valence-corrected chi connectivity index (χ0v) is 6.92. The molecule has 2 heteroatoms. The van der Waals surface area contributed by atoms with E-state index in [4.69, 9.17) is 4.74 Å². The lowest BCUT2D eigenvalue weighted by atomic mass is 9.91. The van der Waals surface area contributed by atoms with Gasteiger partial charge in [-0.1, -0.05) is 4.85 Å². The smallest absolute Gasteiger partial charge is 0.349 e. The molecular weight excluding hydrogens is 138 g/mol. The minimum absolute atomic E-state index is 0.833. The van der Waals surface area contributed by atoms with Gasteiger partial charge in [0.05, 0.1) is 7.11 Å². The summed E-state index contributed by atoms with van der Waals surface area (Å²) >= 11 is 0. The summed E-state index contributed by atoms with van der Waals surface area (Å²) in [6.45, 7) is 0.